The van der Waals surface area contributed by atoms with Crippen LogP contribution in [-0.2, 0) is 4.79 Å². The van der Waals surface area contributed by atoms with Crippen LogP contribution in [0.3, 0.4) is 0 Å². The van der Waals surface area contributed by atoms with Crippen LogP contribution in [0.25, 0.3) is 10.9 Å². The Balaban J connectivity index is 2.39. The number of benzene rings is 1. The molecule has 0 radical (unpaired) electrons. The van der Waals surface area contributed by atoms with Crippen LogP contribution < -0.4 is 0 Å². The molecule has 1 aromatic carbocycles. The lowest BCUT2D eigenvalue weighted by molar-refractivity contribution is -0.153. The van der Waals surface area contributed by atoms with Crippen LogP contribution in [-0.4, -0.2) is 32.4 Å². The molecule has 0 amide bonds. The van der Waals surface area contributed by atoms with Crippen LogP contribution in [0.15, 0.2) is 36.5 Å². The first-order valence-electron chi connectivity index (χ1n) is 5.03. The molecule has 0 aliphatic rings. The molecule has 17 heavy (non-hydrogen) atoms. The lowest BCUT2D eigenvalue weighted by Crippen LogP contribution is -2.27. The summed E-state index contributed by atoms with van der Waals surface area (Å²) in [6.45, 7) is 0. The number of nitrogens with zero attached hydrogens (tertiary/aromatic N) is 1. The minimum absolute atomic E-state index is 0.325. The third-order valence-corrected chi connectivity index (χ3v) is 2.52. The fourth-order valence-electron chi connectivity index (χ4n) is 1.58. The van der Waals surface area contributed by atoms with E-state index in [0.29, 0.717) is 11.1 Å². The van der Waals surface area contributed by atoms with Crippen molar-refractivity contribution in [3.63, 3.8) is 0 Å². The lowest BCUT2D eigenvalue weighted by atomic mass is 10.0. The number of aliphatic hydroxyl groups excluding tert-OH is 2. The highest BCUT2D eigenvalue weighted by Crippen LogP contribution is 2.21. The van der Waals surface area contributed by atoms with Crippen molar-refractivity contribution < 1.29 is 20.1 Å². The summed E-state index contributed by atoms with van der Waals surface area (Å²) in [6.07, 6.45) is -1.69. The summed E-state index contributed by atoms with van der Waals surface area (Å²) in [5, 5.41) is 28.4. The van der Waals surface area contributed by atoms with Gasteiger partial charge in [0.2, 0.25) is 0 Å². The molecule has 0 bridgehead atoms. The predicted molar refractivity (Wildman–Crippen MR) is 60.3 cm³/mol. The Morgan fingerprint density at radius 1 is 1.24 bits per heavy atom. The van der Waals surface area contributed by atoms with Gasteiger partial charge in [-0.15, -0.1) is 0 Å². The number of fused-ring (bicyclic) bond motifs is 1. The number of pyridine rings is 1. The third-order valence-electron chi connectivity index (χ3n) is 2.52. The molecule has 5 heteroatoms. The molecular formula is C12H11NO4. The van der Waals surface area contributed by atoms with E-state index in [1.165, 1.54) is 0 Å². The average molecular weight is 233 g/mol. The first-order valence-corrected chi connectivity index (χ1v) is 5.03. The van der Waals surface area contributed by atoms with Gasteiger partial charge in [-0.1, -0.05) is 18.2 Å². The van der Waals surface area contributed by atoms with Crippen molar-refractivity contribution in [2.75, 3.05) is 0 Å². The van der Waals surface area contributed by atoms with Gasteiger partial charge in [0, 0.05) is 11.6 Å². The van der Waals surface area contributed by atoms with E-state index in [0.717, 1.165) is 5.39 Å². The van der Waals surface area contributed by atoms with E-state index in [4.69, 9.17) is 5.11 Å². The highest BCUT2D eigenvalue weighted by atomic mass is 16.4. The summed E-state index contributed by atoms with van der Waals surface area (Å²) in [7, 11) is 0. The number of hydrogen-bond donors (Lipinski definition) is 3. The number of hydrogen-bond acceptors (Lipinski definition) is 4. The second-order valence-corrected chi connectivity index (χ2v) is 3.68. The zero-order chi connectivity index (χ0) is 12.4. The van der Waals surface area contributed by atoms with Gasteiger partial charge >= 0.3 is 5.97 Å². The minimum atomic E-state index is -1.84. The number of aliphatic carboxylic acids is 1. The maximum Gasteiger partial charge on any atom is 0.335 e. The first-order chi connectivity index (χ1) is 8.09. The summed E-state index contributed by atoms with van der Waals surface area (Å²) in [6, 6.07) is 8.49. The van der Waals surface area contributed by atoms with E-state index in [2.05, 4.69) is 4.98 Å². The molecule has 2 atom stereocenters. The van der Waals surface area contributed by atoms with E-state index >= 15 is 0 Å². The minimum Gasteiger partial charge on any atom is -0.479 e. The molecular weight excluding hydrogens is 222 g/mol. The van der Waals surface area contributed by atoms with Gasteiger partial charge < -0.3 is 15.3 Å². The molecule has 2 rings (SSSR count). The average Bonchev–Trinajstić information content (AvgIpc) is 2.36. The Labute approximate surface area is 97.0 Å². The van der Waals surface area contributed by atoms with Crippen LogP contribution in [0.5, 0.6) is 0 Å². The van der Waals surface area contributed by atoms with Gasteiger partial charge in [-0.25, -0.2) is 4.79 Å². The van der Waals surface area contributed by atoms with E-state index in [1.807, 2.05) is 6.07 Å². The van der Waals surface area contributed by atoms with Crippen LogP contribution in [0.4, 0.5) is 0 Å². The molecule has 2 aromatic rings. The van der Waals surface area contributed by atoms with E-state index in [-0.39, 0.29) is 0 Å². The maximum absolute atomic E-state index is 10.6. The van der Waals surface area contributed by atoms with Crippen LogP contribution >= 0.6 is 0 Å². The smallest absolute Gasteiger partial charge is 0.335 e. The third kappa shape index (κ3) is 2.25. The molecule has 3 N–H and O–H groups in total. The van der Waals surface area contributed by atoms with Gasteiger partial charge in [-0.05, 0) is 17.7 Å². The molecule has 0 aliphatic carbocycles. The second-order valence-electron chi connectivity index (χ2n) is 3.68. The first kappa shape index (κ1) is 11.5. The molecule has 5 nitrogen and oxygen atoms in total. The van der Waals surface area contributed by atoms with E-state index < -0.39 is 18.2 Å². The van der Waals surface area contributed by atoms with Crippen molar-refractivity contribution >= 4 is 16.9 Å². The van der Waals surface area contributed by atoms with Crippen LogP contribution in [0, 0.1) is 0 Å². The topological polar surface area (TPSA) is 90.7 Å². The van der Waals surface area contributed by atoms with Crippen LogP contribution in [0.1, 0.15) is 11.7 Å². The second kappa shape index (κ2) is 4.48. The lowest BCUT2D eigenvalue weighted by Gasteiger charge is -2.14. The number of aliphatic hydroxyl groups is 2. The Hall–Kier alpha value is -1.98. The Kier molecular flexibility index (Phi) is 3.03. The quantitative estimate of drug-likeness (QED) is 0.726. The zero-order valence-electron chi connectivity index (χ0n) is 8.82. The van der Waals surface area contributed by atoms with Gasteiger partial charge in [0.05, 0.1) is 5.52 Å². The molecule has 1 aromatic heterocycles. The molecule has 0 saturated carbocycles. The monoisotopic (exact) mass is 233 g/mol. The maximum atomic E-state index is 10.6. The van der Waals surface area contributed by atoms with Gasteiger partial charge in [0.15, 0.2) is 6.10 Å². The summed E-state index contributed by atoms with van der Waals surface area (Å²) >= 11 is 0. The molecule has 88 valence electrons. The van der Waals surface area contributed by atoms with Gasteiger partial charge in [-0.3, -0.25) is 4.98 Å². The standard InChI is InChI=1S/C12H11NO4/c14-10(11(15)12(16)17)8-4-3-7-2-1-5-13-9(7)6-8/h1-6,10-11,14-15H,(H,16,17). The Morgan fingerprint density at radius 2 is 2.00 bits per heavy atom. The highest BCUT2D eigenvalue weighted by Gasteiger charge is 2.25. The molecule has 0 saturated heterocycles. The number of carbonyl (C=O) groups is 1. The fraction of sp³-hybridized carbons (Fsp3) is 0.167. The SMILES string of the molecule is O=C(O)C(O)C(O)c1ccc2cccnc2c1. The predicted octanol–water partition coefficient (Wildman–Crippen LogP) is 0.714. The fourth-order valence-corrected chi connectivity index (χ4v) is 1.58. The number of carboxylic acid groups (broad SMARTS) is 1. The summed E-state index contributed by atoms with van der Waals surface area (Å²) in [5.74, 6) is -1.46. The molecule has 0 aliphatic heterocycles. The van der Waals surface area contributed by atoms with E-state index in [1.54, 1.807) is 30.5 Å². The highest BCUT2D eigenvalue weighted by molar-refractivity contribution is 5.79. The van der Waals surface area contributed by atoms with Crippen molar-refractivity contribution in [2.45, 2.75) is 12.2 Å². The number of carboxylic acids is 1. The van der Waals surface area contributed by atoms with Crippen molar-refractivity contribution in [1.29, 1.82) is 0 Å². The number of rotatable bonds is 3. The summed E-state index contributed by atoms with van der Waals surface area (Å²) < 4.78 is 0. The number of aromatic nitrogens is 1. The summed E-state index contributed by atoms with van der Waals surface area (Å²) in [5.41, 5.74) is 0.965. The summed E-state index contributed by atoms with van der Waals surface area (Å²) in [4.78, 5) is 14.6. The van der Waals surface area contributed by atoms with E-state index in [9.17, 15) is 15.0 Å². The zero-order valence-corrected chi connectivity index (χ0v) is 8.82. The van der Waals surface area contributed by atoms with Crippen molar-refractivity contribution in [3.8, 4) is 0 Å². The largest absolute Gasteiger partial charge is 0.479 e. The molecule has 0 fully saturated rings. The molecule has 2 unspecified atom stereocenters. The van der Waals surface area contributed by atoms with Gasteiger partial charge in [-0.2, -0.15) is 0 Å². The molecule has 1 heterocycles. The van der Waals surface area contributed by atoms with Crippen molar-refractivity contribution in [1.82, 2.24) is 4.98 Å². The van der Waals surface area contributed by atoms with Gasteiger partial charge in [0.1, 0.15) is 6.10 Å². The Bertz CT molecular complexity index is 555. The van der Waals surface area contributed by atoms with Crippen molar-refractivity contribution in [2.24, 2.45) is 0 Å². The van der Waals surface area contributed by atoms with Gasteiger partial charge in [0.25, 0.3) is 0 Å². The van der Waals surface area contributed by atoms with Crippen molar-refractivity contribution in [3.05, 3.63) is 42.1 Å². The normalized spacial score (nSPS) is 14.5. The molecule has 0 spiro atoms. The Morgan fingerprint density at radius 3 is 2.71 bits per heavy atom. The van der Waals surface area contributed by atoms with Crippen LogP contribution in [0.2, 0.25) is 0 Å².